The van der Waals surface area contributed by atoms with E-state index < -0.39 is 4.92 Å². The van der Waals surface area contributed by atoms with Gasteiger partial charge in [0.15, 0.2) is 0 Å². The lowest BCUT2D eigenvalue weighted by atomic mass is 10.0. The van der Waals surface area contributed by atoms with Crippen LogP contribution in [0.15, 0.2) is 18.2 Å². The van der Waals surface area contributed by atoms with E-state index in [1.807, 2.05) is 0 Å². The third-order valence-corrected chi connectivity index (χ3v) is 2.19. The highest BCUT2D eigenvalue weighted by molar-refractivity contribution is 5.45. The smallest absolute Gasteiger partial charge is 0.269 e. The number of nitrogens with zero attached hydrogens (tertiary/aromatic N) is 1. The summed E-state index contributed by atoms with van der Waals surface area (Å²) in [6.07, 6.45) is 0.636. The van der Waals surface area contributed by atoms with Crippen LogP contribution >= 0.6 is 0 Å². The number of hydrogen-bond donors (Lipinski definition) is 1. The second-order valence-electron chi connectivity index (χ2n) is 3.32. The minimum Gasteiger partial charge on any atom is -0.492 e. The Bertz CT molecular complexity index is 378. The minimum absolute atomic E-state index is 0.0653. The highest BCUT2D eigenvalue weighted by Crippen LogP contribution is 2.27. The van der Waals surface area contributed by atoms with Gasteiger partial charge in [0, 0.05) is 23.7 Å². The molecule has 14 heavy (non-hydrogen) atoms. The van der Waals surface area contributed by atoms with Crippen LogP contribution in [0, 0.1) is 10.1 Å². The Morgan fingerprint density at radius 1 is 1.57 bits per heavy atom. The molecular formula is C9H10N2O3. The molecule has 0 saturated heterocycles. The van der Waals surface area contributed by atoms with Crippen molar-refractivity contribution in [3.05, 3.63) is 33.9 Å². The second kappa shape index (κ2) is 3.26. The molecule has 1 unspecified atom stereocenters. The first-order chi connectivity index (χ1) is 6.66. The van der Waals surface area contributed by atoms with Gasteiger partial charge in [0.1, 0.15) is 12.4 Å². The van der Waals surface area contributed by atoms with Crippen molar-refractivity contribution in [2.45, 2.75) is 12.5 Å². The molecular weight excluding hydrogens is 184 g/mol. The molecule has 1 atom stereocenters. The minimum atomic E-state index is -0.416. The first kappa shape index (κ1) is 8.96. The Kier molecular flexibility index (Phi) is 2.09. The van der Waals surface area contributed by atoms with Crippen molar-refractivity contribution >= 4 is 5.69 Å². The van der Waals surface area contributed by atoms with Crippen LogP contribution in [-0.4, -0.2) is 17.6 Å². The fourth-order valence-corrected chi connectivity index (χ4v) is 1.52. The summed E-state index contributed by atoms with van der Waals surface area (Å²) in [6.45, 7) is 0.477. The van der Waals surface area contributed by atoms with Gasteiger partial charge in [-0.2, -0.15) is 0 Å². The summed E-state index contributed by atoms with van der Waals surface area (Å²) in [6, 6.07) is 4.52. The highest BCUT2D eigenvalue weighted by Gasteiger charge is 2.19. The van der Waals surface area contributed by atoms with Crippen LogP contribution in [0.25, 0.3) is 0 Å². The Morgan fingerprint density at radius 3 is 3.07 bits per heavy atom. The molecule has 1 aliphatic rings. The summed E-state index contributed by atoms with van der Waals surface area (Å²) in [7, 11) is 0. The Labute approximate surface area is 80.6 Å². The third kappa shape index (κ3) is 1.54. The van der Waals surface area contributed by atoms with Crippen molar-refractivity contribution in [1.82, 2.24) is 0 Å². The predicted octanol–water partition coefficient (Wildman–Crippen LogP) is 0.857. The number of fused-ring (bicyclic) bond motifs is 1. The summed E-state index contributed by atoms with van der Waals surface area (Å²) in [4.78, 5) is 10.1. The van der Waals surface area contributed by atoms with Gasteiger partial charge in [-0.05, 0) is 12.5 Å². The van der Waals surface area contributed by atoms with Gasteiger partial charge in [0.2, 0.25) is 0 Å². The van der Waals surface area contributed by atoms with E-state index in [4.69, 9.17) is 10.5 Å². The SMILES string of the molecule is NC1COc2ccc([N+](=O)[O-])cc2C1. The van der Waals surface area contributed by atoms with Crippen molar-refractivity contribution in [2.75, 3.05) is 6.61 Å². The molecule has 0 radical (unpaired) electrons. The molecule has 1 aromatic rings. The van der Waals surface area contributed by atoms with Gasteiger partial charge in [0.05, 0.1) is 4.92 Å². The zero-order valence-electron chi connectivity index (χ0n) is 7.47. The van der Waals surface area contributed by atoms with E-state index >= 15 is 0 Å². The number of nitrogens with two attached hydrogens (primary N) is 1. The molecule has 0 saturated carbocycles. The third-order valence-electron chi connectivity index (χ3n) is 2.19. The van der Waals surface area contributed by atoms with Crippen molar-refractivity contribution in [1.29, 1.82) is 0 Å². The molecule has 5 heteroatoms. The lowest BCUT2D eigenvalue weighted by Crippen LogP contribution is -2.33. The monoisotopic (exact) mass is 194 g/mol. The summed E-state index contributed by atoms with van der Waals surface area (Å²) in [5.74, 6) is 0.706. The second-order valence-corrected chi connectivity index (χ2v) is 3.32. The number of benzene rings is 1. The van der Waals surface area contributed by atoms with E-state index in [1.165, 1.54) is 12.1 Å². The average Bonchev–Trinajstić information content (AvgIpc) is 2.16. The number of hydrogen-bond acceptors (Lipinski definition) is 4. The van der Waals surface area contributed by atoms with Crippen molar-refractivity contribution in [2.24, 2.45) is 5.73 Å². The van der Waals surface area contributed by atoms with Crippen molar-refractivity contribution in [3.63, 3.8) is 0 Å². The molecule has 0 aromatic heterocycles. The molecule has 0 aliphatic carbocycles. The zero-order valence-corrected chi connectivity index (χ0v) is 7.47. The van der Waals surface area contributed by atoms with Crippen LogP contribution in [0.3, 0.4) is 0 Å². The number of ether oxygens (including phenoxy) is 1. The number of nitro groups is 1. The summed E-state index contributed by atoms with van der Waals surface area (Å²) >= 11 is 0. The lowest BCUT2D eigenvalue weighted by Gasteiger charge is -2.21. The molecule has 0 amide bonds. The first-order valence-corrected chi connectivity index (χ1v) is 4.32. The molecule has 1 aliphatic heterocycles. The number of non-ortho nitro benzene ring substituents is 1. The molecule has 0 spiro atoms. The quantitative estimate of drug-likeness (QED) is 0.531. The van der Waals surface area contributed by atoms with Gasteiger partial charge in [-0.3, -0.25) is 10.1 Å². The molecule has 5 nitrogen and oxygen atoms in total. The molecule has 0 fully saturated rings. The normalized spacial score (nSPS) is 19.6. The van der Waals surface area contributed by atoms with Crippen LogP contribution in [0.4, 0.5) is 5.69 Å². The van der Waals surface area contributed by atoms with Crippen LogP contribution < -0.4 is 10.5 Å². The van der Waals surface area contributed by atoms with E-state index in [0.29, 0.717) is 18.8 Å². The first-order valence-electron chi connectivity index (χ1n) is 4.32. The van der Waals surface area contributed by atoms with Crippen molar-refractivity contribution in [3.8, 4) is 5.75 Å². The maximum atomic E-state index is 10.5. The van der Waals surface area contributed by atoms with Gasteiger partial charge < -0.3 is 10.5 Å². The lowest BCUT2D eigenvalue weighted by molar-refractivity contribution is -0.385. The standard InChI is InChI=1S/C9H10N2O3/c10-7-3-6-4-8(11(12)13)1-2-9(6)14-5-7/h1-2,4,7H,3,5,10H2. The van der Waals surface area contributed by atoms with E-state index in [2.05, 4.69) is 0 Å². The van der Waals surface area contributed by atoms with Gasteiger partial charge in [0.25, 0.3) is 5.69 Å². The van der Waals surface area contributed by atoms with E-state index in [1.54, 1.807) is 6.07 Å². The molecule has 2 rings (SSSR count). The fourth-order valence-electron chi connectivity index (χ4n) is 1.52. The van der Waals surface area contributed by atoms with Crippen LogP contribution in [0.2, 0.25) is 0 Å². The van der Waals surface area contributed by atoms with Gasteiger partial charge >= 0.3 is 0 Å². The molecule has 0 bridgehead atoms. The van der Waals surface area contributed by atoms with Gasteiger partial charge in [-0.1, -0.05) is 0 Å². The molecule has 1 heterocycles. The molecule has 74 valence electrons. The predicted molar refractivity (Wildman–Crippen MR) is 50.3 cm³/mol. The maximum absolute atomic E-state index is 10.5. The number of nitro benzene ring substituents is 1. The van der Waals surface area contributed by atoms with Crippen molar-refractivity contribution < 1.29 is 9.66 Å². The Hall–Kier alpha value is -1.62. The van der Waals surface area contributed by atoms with E-state index in [-0.39, 0.29) is 11.7 Å². The summed E-state index contributed by atoms with van der Waals surface area (Å²) in [5.41, 5.74) is 6.58. The van der Waals surface area contributed by atoms with Gasteiger partial charge in [-0.25, -0.2) is 0 Å². The average molecular weight is 194 g/mol. The Morgan fingerprint density at radius 2 is 2.36 bits per heavy atom. The maximum Gasteiger partial charge on any atom is 0.269 e. The van der Waals surface area contributed by atoms with Crippen LogP contribution in [-0.2, 0) is 6.42 Å². The highest BCUT2D eigenvalue weighted by atomic mass is 16.6. The largest absolute Gasteiger partial charge is 0.492 e. The number of rotatable bonds is 1. The van der Waals surface area contributed by atoms with Crippen LogP contribution in [0.1, 0.15) is 5.56 Å². The van der Waals surface area contributed by atoms with Gasteiger partial charge in [-0.15, -0.1) is 0 Å². The topological polar surface area (TPSA) is 78.4 Å². The summed E-state index contributed by atoms with van der Waals surface area (Å²) < 4.78 is 5.32. The Balaban J connectivity index is 2.37. The molecule has 2 N–H and O–H groups in total. The fraction of sp³-hybridized carbons (Fsp3) is 0.333. The summed E-state index contributed by atoms with van der Waals surface area (Å²) in [5, 5.41) is 10.5. The van der Waals surface area contributed by atoms with Crippen LogP contribution in [0.5, 0.6) is 5.75 Å². The zero-order chi connectivity index (χ0) is 10.1. The van der Waals surface area contributed by atoms with E-state index in [0.717, 1.165) is 5.56 Å². The molecule has 1 aromatic carbocycles. The van der Waals surface area contributed by atoms with E-state index in [9.17, 15) is 10.1 Å².